The fourth-order valence-electron chi connectivity index (χ4n) is 1.85. The Morgan fingerprint density at radius 2 is 2.33 bits per heavy atom. The molecule has 3 nitrogen and oxygen atoms in total. The summed E-state index contributed by atoms with van der Waals surface area (Å²) in [6.07, 6.45) is 6.86. The Hall–Kier alpha value is -0.610. The zero-order valence-corrected chi connectivity index (χ0v) is 12.5. The molecule has 0 atom stereocenters. The first-order chi connectivity index (χ1) is 8.79. The van der Waals surface area contributed by atoms with Gasteiger partial charge in [0.05, 0.1) is 6.61 Å². The van der Waals surface area contributed by atoms with Gasteiger partial charge in [0.15, 0.2) is 0 Å². The largest absolute Gasteiger partial charge is 0.477 e. The highest BCUT2D eigenvalue weighted by molar-refractivity contribution is 9.10. The second-order valence-electron chi connectivity index (χ2n) is 4.88. The van der Waals surface area contributed by atoms with Crippen molar-refractivity contribution in [3.8, 4) is 5.88 Å². The van der Waals surface area contributed by atoms with Crippen molar-refractivity contribution in [2.75, 3.05) is 13.2 Å². The van der Waals surface area contributed by atoms with Crippen molar-refractivity contribution in [2.45, 2.75) is 39.2 Å². The van der Waals surface area contributed by atoms with Gasteiger partial charge in [-0.2, -0.15) is 0 Å². The van der Waals surface area contributed by atoms with Crippen molar-refractivity contribution in [3.05, 3.63) is 22.3 Å². The Kier molecular flexibility index (Phi) is 5.45. The van der Waals surface area contributed by atoms with E-state index in [2.05, 4.69) is 39.2 Å². The van der Waals surface area contributed by atoms with E-state index >= 15 is 0 Å². The molecule has 1 aromatic heterocycles. The van der Waals surface area contributed by atoms with Crippen molar-refractivity contribution in [1.82, 2.24) is 10.3 Å². The summed E-state index contributed by atoms with van der Waals surface area (Å²) in [5.41, 5.74) is 1.13. The highest BCUT2D eigenvalue weighted by Gasteiger charge is 2.21. The molecule has 1 aromatic rings. The number of ether oxygens (including phenoxy) is 1. The number of aromatic nitrogens is 1. The first-order valence-corrected chi connectivity index (χ1v) is 7.57. The molecule has 0 aliphatic heterocycles. The third-order valence-corrected chi connectivity index (χ3v) is 3.53. The summed E-state index contributed by atoms with van der Waals surface area (Å²) < 4.78 is 6.81. The van der Waals surface area contributed by atoms with Gasteiger partial charge in [-0.1, -0.05) is 19.8 Å². The first-order valence-electron chi connectivity index (χ1n) is 6.77. The monoisotopic (exact) mass is 312 g/mol. The average Bonchev–Trinajstić information content (AvgIpc) is 3.16. The van der Waals surface area contributed by atoms with E-state index in [1.165, 1.54) is 19.3 Å². The quantitative estimate of drug-likeness (QED) is 0.746. The van der Waals surface area contributed by atoms with Gasteiger partial charge in [0.2, 0.25) is 5.88 Å². The third kappa shape index (κ3) is 4.58. The van der Waals surface area contributed by atoms with E-state index in [0.29, 0.717) is 0 Å². The number of nitrogens with one attached hydrogen (secondary N) is 1. The van der Waals surface area contributed by atoms with Crippen LogP contribution in [0, 0.1) is 5.92 Å². The number of hydrogen-bond donors (Lipinski definition) is 1. The standard InChI is InChI=1S/C14H21BrN2O/c1-2-6-16-9-12-8-13(15)10-17-14(12)18-7-5-11-3-4-11/h8,10-11,16H,2-7,9H2,1H3. The number of halogens is 1. The minimum absolute atomic E-state index is 0.780. The van der Waals surface area contributed by atoms with Crippen LogP contribution in [0.1, 0.15) is 38.2 Å². The molecule has 1 N–H and O–H groups in total. The number of hydrogen-bond acceptors (Lipinski definition) is 3. The van der Waals surface area contributed by atoms with Crippen LogP contribution >= 0.6 is 15.9 Å². The van der Waals surface area contributed by atoms with Crippen LogP contribution in [0.3, 0.4) is 0 Å². The van der Waals surface area contributed by atoms with Gasteiger partial charge in [0, 0.05) is 22.8 Å². The predicted molar refractivity (Wildman–Crippen MR) is 76.8 cm³/mol. The normalized spacial score (nSPS) is 14.8. The maximum atomic E-state index is 5.80. The molecule has 1 fully saturated rings. The molecular formula is C14H21BrN2O. The molecule has 0 unspecified atom stereocenters. The molecule has 0 amide bonds. The molecule has 0 saturated heterocycles. The van der Waals surface area contributed by atoms with Gasteiger partial charge < -0.3 is 10.1 Å². The second-order valence-corrected chi connectivity index (χ2v) is 5.79. The van der Waals surface area contributed by atoms with E-state index in [1.54, 1.807) is 6.20 Å². The van der Waals surface area contributed by atoms with Gasteiger partial charge in [0.25, 0.3) is 0 Å². The van der Waals surface area contributed by atoms with Crippen molar-refractivity contribution in [2.24, 2.45) is 5.92 Å². The lowest BCUT2D eigenvalue weighted by molar-refractivity contribution is 0.287. The van der Waals surface area contributed by atoms with Gasteiger partial charge in [-0.3, -0.25) is 0 Å². The first kappa shape index (κ1) is 13.8. The fraction of sp³-hybridized carbons (Fsp3) is 0.643. The lowest BCUT2D eigenvalue weighted by atomic mass is 10.2. The van der Waals surface area contributed by atoms with Crippen LogP contribution in [0.15, 0.2) is 16.7 Å². The van der Waals surface area contributed by atoms with Crippen LogP contribution in [0.25, 0.3) is 0 Å². The van der Waals surface area contributed by atoms with Gasteiger partial charge in [0.1, 0.15) is 0 Å². The van der Waals surface area contributed by atoms with Crippen LogP contribution in [0.4, 0.5) is 0 Å². The summed E-state index contributed by atoms with van der Waals surface area (Å²) in [5.74, 6) is 1.68. The molecule has 4 heteroatoms. The van der Waals surface area contributed by atoms with E-state index in [9.17, 15) is 0 Å². The Morgan fingerprint density at radius 3 is 3.06 bits per heavy atom. The fourth-order valence-corrected chi connectivity index (χ4v) is 2.23. The topological polar surface area (TPSA) is 34.2 Å². The predicted octanol–water partition coefficient (Wildman–Crippen LogP) is 3.52. The van der Waals surface area contributed by atoms with E-state index < -0.39 is 0 Å². The molecule has 0 radical (unpaired) electrons. The molecule has 2 rings (SSSR count). The highest BCUT2D eigenvalue weighted by Crippen LogP contribution is 2.32. The van der Waals surface area contributed by atoms with Crippen LogP contribution in [-0.2, 0) is 6.54 Å². The van der Waals surface area contributed by atoms with Crippen molar-refractivity contribution in [3.63, 3.8) is 0 Å². The Morgan fingerprint density at radius 1 is 1.50 bits per heavy atom. The van der Waals surface area contributed by atoms with E-state index in [-0.39, 0.29) is 0 Å². The molecule has 0 bridgehead atoms. The van der Waals surface area contributed by atoms with Crippen molar-refractivity contribution < 1.29 is 4.74 Å². The number of rotatable bonds is 8. The van der Waals surface area contributed by atoms with Crippen LogP contribution < -0.4 is 10.1 Å². The van der Waals surface area contributed by atoms with E-state index in [0.717, 1.165) is 48.0 Å². The van der Waals surface area contributed by atoms with Crippen molar-refractivity contribution in [1.29, 1.82) is 0 Å². The summed E-state index contributed by atoms with van der Waals surface area (Å²) in [6, 6.07) is 2.09. The molecule has 1 heterocycles. The summed E-state index contributed by atoms with van der Waals surface area (Å²) in [4.78, 5) is 4.37. The maximum Gasteiger partial charge on any atom is 0.217 e. The Balaban J connectivity index is 1.88. The lowest BCUT2D eigenvalue weighted by Crippen LogP contribution is -2.15. The van der Waals surface area contributed by atoms with E-state index in [4.69, 9.17) is 4.74 Å². The molecule has 1 saturated carbocycles. The van der Waals surface area contributed by atoms with Gasteiger partial charge >= 0.3 is 0 Å². The average molecular weight is 313 g/mol. The lowest BCUT2D eigenvalue weighted by Gasteiger charge is -2.11. The Labute approximate surface area is 117 Å². The zero-order chi connectivity index (χ0) is 12.8. The molecule has 1 aliphatic rings. The zero-order valence-electron chi connectivity index (χ0n) is 10.9. The summed E-state index contributed by atoms with van der Waals surface area (Å²) in [6.45, 7) is 4.80. The number of pyridine rings is 1. The van der Waals surface area contributed by atoms with E-state index in [1.807, 2.05) is 0 Å². The molecule has 0 spiro atoms. The van der Waals surface area contributed by atoms with Gasteiger partial charge in [-0.05, 0) is 47.3 Å². The van der Waals surface area contributed by atoms with Crippen molar-refractivity contribution >= 4 is 15.9 Å². The maximum absolute atomic E-state index is 5.80. The minimum atomic E-state index is 0.780. The molecule has 0 aromatic carbocycles. The summed E-state index contributed by atoms with van der Waals surface area (Å²) in [5, 5.41) is 3.39. The van der Waals surface area contributed by atoms with Crippen LogP contribution in [-0.4, -0.2) is 18.1 Å². The smallest absolute Gasteiger partial charge is 0.217 e. The van der Waals surface area contributed by atoms with Crippen LogP contribution in [0.5, 0.6) is 5.88 Å². The summed E-state index contributed by atoms with van der Waals surface area (Å²) >= 11 is 3.46. The molecule has 18 heavy (non-hydrogen) atoms. The van der Waals surface area contributed by atoms with Gasteiger partial charge in [-0.15, -0.1) is 0 Å². The van der Waals surface area contributed by atoms with Crippen LogP contribution in [0.2, 0.25) is 0 Å². The SMILES string of the molecule is CCCNCc1cc(Br)cnc1OCCC1CC1. The Bertz CT molecular complexity index is 380. The molecule has 100 valence electrons. The second kappa shape index (κ2) is 7.10. The molecular weight excluding hydrogens is 292 g/mol. The minimum Gasteiger partial charge on any atom is -0.477 e. The number of nitrogens with zero attached hydrogens (tertiary/aromatic N) is 1. The molecule has 1 aliphatic carbocycles. The van der Waals surface area contributed by atoms with Gasteiger partial charge in [-0.25, -0.2) is 4.98 Å². The summed E-state index contributed by atoms with van der Waals surface area (Å²) in [7, 11) is 0. The highest BCUT2D eigenvalue weighted by atomic mass is 79.9. The third-order valence-electron chi connectivity index (χ3n) is 3.10.